The Kier molecular flexibility index (Phi) is 3.92. The summed E-state index contributed by atoms with van der Waals surface area (Å²) in [6.07, 6.45) is 2.39. The molecule has 1 heterocycles. The summed E-state index contributed by atoms with van der Waals surface area (Å²) in [4.78, 5) is 0. The van der Waals surface area contributed by atoms with Crippen molar-refractivity contribution < 1.29 is 4.74 Å². The van der Waals surface area contributed by atoms with Crippen LogP contribution in [0.1, 0.15) is 18.4 Å². The molecule has 2 N–H and O–H groups in total. The fourth-order valence-electron chi connectivity index (χ4n) is 1.67. The van der Waals surface area contributed by atoms with Crippen LogP contribution in [0.25, 0.3) is 0 Å². The van der Waals surface area contributed by atoms with Gasteiger partial charge in [-0.3, -0.25) is 0 Å². The van der Waals surface area contributed by atoms with Crippen LogP contribution in [0.4, 0.5) is 5.69 Å². The van der Waals surface area contributed by atoms with E-state index >= 15 is 0 Å². The highest BCUT2D eigenvalue weighted by Crippen LogP contribution is 2.25. The van der Waals surface area contributed by atoms with Crippen molar-refractivity contribution in [3.63, 3.8) is 0 Å². The first-order chi connectivity index (χ1) is 7.34. The second kappa shape index (κ2) is 5.42. The van der Waals surface area contributed by atoms with Gasteiger partial charge >= 0.3 is 0 Å². The minimum Gasteiger partial charge on any atom is -0.399 e. The van der Waals surface area contributed by atoms with Gasteiger partial charge in [0, 0.05) is 29.9 Å². The maximum atomic E-state index is 5.64. The van der Waals surface area contributed by atoms with E-state index in [1.807, 2.05) is 23.9 Å². The van der Waals surface area contributed by atoms with Gasteiger partial charge in [-0.15, -0.1) is 0 Å². The number of hydrogen-bond acceptors (Lipinski definition) is 3. The summed E-state index contributed by atoms with van der Waals surface area (Å²) in [6, 6.07) is 8.17. The van der Waals surface area contributed by atoms with E-state index < -0.39 is 0 Å². The summed E-state index contributed by atoms with van der Waals surface area (Å²) >= 11 is 2.04. The fourth-order valence-corrected chi connectivity index (χ4v) is 2.82. The van der Waals surface area contributed by atoms with Gasteiger partial charge in [0.1, 0.15) is 0 Å². The number of benzene rings is 1. The first-order valence-electron chi connectivity index (χ1n) is 5.38. The SMILES string of the molecule is Nc1ccc(CSC2CCOCC2)cc1. The molecular formula is C12H17NOS. The molecule has 0 saturated carbocycles. The van der Waals surface area contributed by atoms with Crippen molar-refractivity contribution in [1.29, 1.82) is 0 Å². The summed E-state index contributed by atoms with van der Waals surface area (Å²) in [5.74, 6) is 1.09. The Morgan fingerprint density at radius 3 is 2.53 bits per heavy atom. The van der Waals surface area contributed by atoms with Crippen molar-refractivity contribution in [2.24, 2.45) is 0 Å². The number of nitrogens with two attached hydrogens (primary N) is 1. The zero-order chi connectivity index (χ0) is 10.5. The van der Waals surface area contributed by atoms with Gasteiger partial charge in [0.05, 0.1) is 0 Å². The van der Waals surface area contributed by atoms with Crippen molar-refractivity contribution in [2.75, 3.05) is 18.9 Å². The van der Waals surface area contributed by atoms with Crippen molar-refractivity contribution in [1.82, 2.24) is 0 Å². The standard InChI is InChI=1S/C12H17NOS/c13-11-3-1-10(2-4-11)9-15-12-5-7-14-8-6-12/h1-4,12H,5-9,13H2. The molecule has 0 bridgehead atoms. The molecule has 15 heavy (non-hydrogen) atoms. The van der Waals surface area contributed by atoms with Gasteiger partial charge in [-0.2, -0.15) is 11.8 Å². The van der Waals surface area contributed by atoms with Gasteiger partial charge in [0.25, 0.3) is 0 Å². The van der Waals surface area contributed by atoms with E-state index in [0.717, 1.165) is 29.9 Å². The fraction of sp³-hybridized carbons (Fsp3) is 0.500. The van der Waals surface area contributed by atoms with Crippen LogP contribution in [0.2, 0.25) is 0 Å². The van der Waals surface area contributed by atoms with E-state index in [1.54, 1.807) is 0 Å². The predicted molar refractivity (Wildman–Crippen MR) is 66.0 cm³/mol. The molecule has 0 amide bonds. The number of rotatable bonds is 3. The summed E-state index contributed by atoms with van der Waals surface area (Å²) in [7, 11) is 0. The summed E-state index contributed by atoms with van der Waals surface area (Å²) in [5.41, 5.74) is 7.85. The molecule has 82 valence electrons. The van der Waals surface area contributed by atoms with E-state index in [2.05, 4.69) is 12.1 Å². The topological polar surface area (TPSA) is 35.2 Å². The molecule has 0 atom stereocenters. The van der Waals surface area contributed by atoms with Crippen molar-refractivity contribution in [3.8, 4) is 0 Å². The average molecular weight is 223 g/mol. The molecule has 3 heteroatoms. The molecule has 1 fully saturated rings. The molecule has 0 unspecified atom stereocenters. The second-order valence-corrected chi connectivity index (χ2v) is 5.15. The molecule has 2 nitrogen and oxygen atoms in total. The highest BCUT2D eigenvalue weighted by atomic mass is 32.2. The third-order valence-corrected chi connectivity index (χ3v) is 4.08. The maximum absolute atomic E-state index is 5.64. The lowest BCUT2D eigenvalue weighted by atomic mass is 10.2. The largest absolute Gasteiger partial charge is 0.399 e. The minimum atomic E-state index is 0.774. The quantitative estimate of drug-likeness (QED) is 0.800. The maximum Gasteiger partial charge on any atom is 0.0476 e. The number of ether oxygens (including phenoxy) is 1. The third-order valence-electron chi connectivity index (χ3n) is 2.63. The lowest BCUT2D eigenvalue weighted by Crippen LogP contribution is -2.17. The van der Waals surface area contributed by atoms with E-state index in [4.69, 9.17) is 10.5 Å². The first-order valence-corrected chi connectivity index (χ1v) is 6.43. The van der Waals surface area contributed by atoms with Crippen LogP contribution in [-0.4, -0.2) is 18.5 Å². The number of nitrogen functional groups attached to an aromatic ring is 1. The Labute approximate surface area is 95.2 Å². The molecule has 1 aliphatic heterocycles. The zero-order valence-corrected chi connectivity index (χ0v) is 9.63. The van der Waals surface area contributed by atoms with Gasteiger partial charge in [0.15, 0.2) is 0 Å². The lowest BCUT2D eigenvalue weighted by molar-refractivity contribution is 0.1000. The Balaban J connectivity index is 1.79. The van der Waals surface area contributed by atoms with Gasteiger partial charge in [-0.1, -0.05) is 12.1 Å². The number of hydrogen-bond donors (Lipinski definition) is 1. The molecule has 2 rings (SSSR count). The van der Waals surface area contributed by atoms with Gasteiger partial charge in [0.2, 0.25) is 0 Å². The number of thioether (sulfide) groups is 1. The third kappa shape index (κ3) is 3.43. The molecule has 0 radical (unpaired) electrons. The first kappa shape index (κ1) is 10.8. The van der Waals surface area contributed by atoms with Gasteiger partial charge in [-0.25, -0.2) is 0 Å². The molecule has 0 aliphatic carbocycles. The van der Waals surface area contributed by atoms with Gasteiger partial charge < -0.3 is 10.5 Å². The van der Waals surface area contributed by atoms with E-state index in [9.17, 15) is 0 Å². The smallest absolute Gasteiger partial charge is 0.0476 e. The zero-order valence-electron chi connectivity index (χ0n) is 8.82. The molecule has 1 aliphatic rings. The Morgan fingerprint density at radius 1 is 1.20 bits per heavy atom. The van der Waals surface area contributed by atoms with Crippen LogP contribution in [0.5, 0.6) is 0 Å². The van der Waals surface area contributed by atoms with Crippen LogP contribution in [0.3, 0.4) is 0 Å². The number of anilines is 1. The Bertz CT molecular complexity index is 293. The van der Waals surface area contributed by atoms with E-state index in [-0.39, 0.29) is 0 Å². The molecular weight excluding hydrogens is 206 g/mol. The Morgan fingerprint density at radius 2 is 1.87 bits per heavy atom. The highest BCUT2D eigenvalue weighted by molar-refractivity contribution is 7.99. The van der Waals surface area contributed by atoms with Crippen LogP contribution >= 0.6 is 11.8 Å². The van der Waals surface area contributed by atoms with Crippen LogP contribution < -0.4 is 5.73 Å². The molecule has 0 aromatic heterocycles. The molecule has 1 aromatic carbocycles. The summed E-state index contributed by atoms with van der Waals surface area (Å²) < 4.78 is 5.34. The average Bonchev–Trinajstić information content (AvgIpc) is 2.30. The van der Waals surface area contributed by atoms with Crippen molar-refractivity contribution >= 4 is 17.4 Å². The normalized spacial score (nSPS) is 17.9. The summed E-state index contributed by atoms with van der Waals surface area (Å²) in [6.45, 7) is 1.86. The van der Waals surface area contributed by atoms with Crippen LogP contribution in [0.15, 0.2) is 24.3 Å². The lowest BCUT2D eigenvalue weighted by Gasteiger charge is -2.21. The van der Waals surface area contributed by atoms with Crippen molar-refractivity contribution in [2.45, 2.75) is 23.8 Å². The van der Waals surface area contributed by atoms with Crippen LogP contribution in [-0.2, 0) is 10.5 Å². The minimum absolute atomic E-state index is 0.774. The monoisotopic (exact) mass is 223 g/mol. The molecule has 1 aromatic rings. The van der Waals surface area contributed by atoms with E-state index in [1.165, 1.54) is 18.4 Å². The van der Waals surface area contributed by atoms with Gasteiger partial charge in [-0.05, 0) is 30.5 Å². The Hall–Kier alpha value is -0.670. The van der Waals surface area contributed by atoms with Crippen molar-refractivity contribution in [3.05, 3.63) is 29.8 Å². The predicted octanol–water partition coefficient (Wildman–Crippen LogP) is 2.68. The highest BCUT2D eigenvalue weighted by Gasteiger charge is 2.13. The molecule has 1 saturated heterocycles. The molecule has 0 spiro atoms. The second-order valence-electron chi connectivity index (χ2n) is 3.86. The van der Waals surface area contributed by atoms with Crippen LogP contribution in [0, 0.1) is 0 Å². The summed E-state index contributed by atoms with van der Waals surface area (Å²) in [5, 5.41) is 0.774. The van der Waals surface area contributed by atoms with E-state index in [0.29, 0.717) is 0 Å².